The number of aliphatic carboxylic acids is 1. The summed E-state index contributed by atoms with van der Waals surface area (Å²) in [5, 5.41) is 11.1. The molecule has 0 saturated heterocycles. The second kappa shape index (κ2) is 8.94. The lowest BCUT2D eigenvalue weighted by Crippen LogP contribution is -2.45. The van der Waals surface area contributed by atoms with Gasteiger partial charge in [-0.05, 0) is 12.3 Å². The molecule has 0 saturated carbocycles. The number of hydrogen-bond donors (Lipinski definition) is 2. The predicted octanol–water partition coefficient (Wildman–Crippen LogP) is 1.21. The fraction of sp³-hybridized carbons (Fsp3) is 0.846. The highest BCUT2D eigenvalue weighted by molar-refractivity contribution is 7.91. The van der Waals surface area contributed by atoms with Gasteiger partial charge in [0.15, 0.2) is 9.84 Å². The SMILES string of the molecule is CCCCC(CC)CS(=O)(=O)CC(NC(C)=O)C(=O)O. The van der Waals surface area contributed by atoms with Gasteiger partial charge in [0, 0.05) is 6.92 Å². The van der Waals surface area contributed by atoms with Crippen LogP contribution in [0.2, 0.25) is 0 Å². The molecule has 0 aromatic rings. The van der Waals surface area contributed by atoms with Gasteiger partial charge in [0.05, 0.1) is 11.5 Å². The maximum Gasteiger partial charge on any atom is 0.327 e. The second-order valence-corrected chi connectivity index (χ2v) is 7.24. The second-order valence-electron chi connectivity index (χ2n) is 5.08. The number of sulfone groups is 1. The molecule has 0 spiro atoms. The Morgan fingerprint density at radius 1 is 1.20 bits per heavy atom. The summed E-state index contributed by atoms with van der Waals surface area (Å²) in [5.41, 5.74) is 0. The van der Waals surface area contributed by atoms with Gasteiger partial charge >= 0.3 is 5.97 Å². The Morgan fingerprint density at radius 2 is 1.80 bits per heavy atom. The Kier molecular flexibility index (Phi) is 8.45. The van der Waals surface area contributed by atoms with Gasteiger partial charge in [-0.15, -0.1) is 0 Å². The van der Waals surface area contributed by atoms with Crippen molar-refractivity contribution in [3.63, 3.8) is 0 Å². The maximum absolute atomic E-state index is 12.0. The summed E-state index contributed by atoms with van der Waals surface area (Å²) in [6.07, 6.45) is 3.53. The average Bonchev–Trinajstić information content (AvgIpc) is 2.32. The van der Waals surface area contributed by atoms with Crippen molar-refractivity contribution in [2.75, 3.05) is 11.5 Å². The minimum Gasteiger partial charge on any atom is -0.480 e. The number of hydrogen-bond acceptors (Lipinski definition) is 4. The largest absolute Gasteiger partial charge is 0.480 e. The molecule has 0 bridgehead atoms. The topological polar surface area (TPSA) is 101 Å². The van der Waals surface area contributed by atoms with Crippen LogP contribution in [0.25, 0.3) is 0 Å². The standard InChI is InChI=1S/C13H25NO5S/c1-4-6-7-11(5-2)8-20(18,19)9-12(13(16)17)14-10(3)15/h11-12H,4-9H2,1-3H3,(H,14,15)(H,16,17). The van der Waals surface area contributed by atoms with Gasteiger partial charge in [-0.25, -0.2) is 13.2 Å². The first kappa shape index (κ1) is 18.9. The molecule has 2 unspecified atom stereocenters. The molecule has 118 valence electrons. The Balaban J connectivity index is 4.68. The first-order valence-electron chi connectivity index (χ1n) is 6.92. The zero-order chi connectivity index (χ0) is 15.8. The van der Waals surface area contributed by atoms with Crippen LogP contribution < -0.4 is 5.32 Å². The van der Waals surface area contributed by atoms with E-state index in [2.05, 4.69) is 5.32 Å². The minimum atomic E-state index is -3.51. The highest BCUT2D eigenvalue weighted by atomic mass is 32.2. The number of carboxylic acids is 1. The van der Waals surface area contributed by atoms with Crippen molar-refractivity contribution in [2.45, 2.75) is 52.5 Å². The summed E-state index contributed by atoms with van der Waals surface area (Å²) in [6.45, 7) is 5.13. The molecular formula is C13H25NO5S. The zero-order valence-electron chi connectivity index (χ0n) is 12.4. The summed E-state index contributed by atoms with van der Waals surface area (Å²) < 4.78 is 24.1. The summed E-state index contributed by atoms with van der Waals surface area (Å²) in [6, 6.07) is -1.37. The lowest BCUT2D eigenvalue weighted by molar-refractivity contribution is -0.140. The molecule has 0 aromatic heterocycles. The Labute approximate surface area is 120 Å². The van der Waals surface area contributed by atoms with Crippen LogP contribution in [0.1, 0.15) is 46.5 Å². The van der Waals surface area contributed by atoms with E-state index in [1.54, 1.807) is 0 Å². The number of unbranched alkanes of at least 4 members (excludes halogenated alkanes) is 1. The van der Waals surface area contributed by atoms with Gasteiger partial charge in [0.1, 0.15) is 6.04 Å². The van der Waals surface area contributed by atoms with Crippen molar-refractivity contribution in [3.8, 4) is 0 Å². The zero-order valence-corrected chi connectivity index (χ0v) is 13.2. The number of carbonyl (C=O) groups excluding carboxylic acids is 1. The van der Waals surface area contributed by atoms with E-state index in [-0.39, 0.29) is 11.7 Å². The lowest BCUT2D eigenvalue weighted by Gasteiger charge is -2.17. The molecule has 0 fully saturated rings. The van der Waals surface area contributed by atoms with Crippen molar-refractivity contribution in [1.29, 1.82) is 0 Å². The van der Waals surface area contributed by atoms with Crippen molar-refractivity contribution in [1.82, 2.24) is 5.32 Å². The number of carboxylic acid groups (broad SMARTS) is 1. The van der Waals surface area contributed by atoms with E-state index in [1.807, 2.05) is 13.8 Å². The van der Waals surface area contributed by atoms with E-state index >= 15 is 0 Å². The Morgan fingerprint density at radius 3 is 2.20 bits per heavy atom. The number of amides is 1. The first-order chi connectivity index (χ1) is 9.21. The van der Waals surface area contributed by atoms with Crippen LogP contribution in [0, 0.1) is 5.92 Å². The fourth-order valence-corrected chi connectivity index (χ4v) is 3.99. The van der Waals surface area contributed by atoms with E-state index < -0.39 is 33.5 Å². The normalized spacial score (nSPS) is 14.6. The molecule has 0 aliphatic heterocycles. The van der Waals surface area contributed by atoms with Crippen LogP contribution in [0.5, 0.6) is 0 Å². The van der Waals surface area contributed by atoms with Crippen LogP contribution >= 0.6 is 0 Å². The Hall–Kier alpha value is -1.11. The predicted molar refractivity (Wildman–Crippen MR) is 77.2 cm³/mol. The summed E-state index contributed by atoms with van der Waals surface area (Å²) in [4.78, 5) is 21.9. The highest BCUT2D eigenvalue weighted by Gasteiger charge is 2.27. The Bertz CT molecular complexity index is 418. The van der Waals surface area contributed by atoms with Gasteiger partial charge in [0.25, 0.3) is 0 Å². The molecule has 1 amide bonds. The molecule has 2 N–H and O–H groups in total. The quantitative estimate of drug-likeness (QED) is 0.632. The van der Waals surface area contributed by atoms with Gasteiger partial charge in [-0.3, -0.25) is 4.79 Å². The van der Waals surface area contributed by atoms with Gasteiger partial charge in [-0.1, -0.05) is 33.1 Å². The third kappa shape index (κ3) is 8.14. The van der Waals surface area contributed by atoms with Crippen LogP contribution in [0.15, 0.2) is 0 Å². The average molecular weight is 307 g/mol. The number of nitrogens with one attached hydrogen (secondary N) is 1. The lowest BCUT2D eigenvalue weighted by atomic mass is 10.0. The van der Waals surface area contributed by atoms with E-state index in [1.165, 1.54) is 6.92 Å². The summed E-state index contributed by atoms with van der Waals surface area (Å²) in [5.74, 6) is -2.40. The number of rotatable bonds is 10. The van der Waals surface area contributed by atoms with E-state index in [0.717, 1.165) is 25.7 Å². The summed E-state index contributed by atoms with van der Waals surface area (Å²) in [7, 11) is -3.51. The molecule has 2 atom stereocenters. The van der Waals surface area contributed by atoms with E-state index in [9.17, 15) is 18.0 Å². The van der Waals surface area contributed by atoms with Crippen molar-refractivity contribution < 1.29 is 23.1 Å². The van der Waals surface area contributed by atoms with Gasteiger partial charge < -0.3 is 10.4 Å². The molecule has 0 aliphatic rings. The molecule has 6 nitrogen and oxygen atoms in total. The third-order valence-corrected chi connectivity index (χ3v) is 4.95. The highest BCUT2D eigenvalue weighted by Crippen LogP contribution is 2.16. The maximum atomic E-state index is 12.0. The van der Waals surface area contributed by atoms with E-state index in [0.29, 0.717) is 0 Å². The van der Waals surface area contributed by atoms with Crippen LogP contribution in [-0.2, 0) is 19.4 Å². The van der Waals surface area contributed by atoms with Crippen LogP contribution in [-0.4, -0.2) is 42.9 Å². The number of carbonyl (C=O) groups is 2. The van der Waals surface area contributed by atoms with E-state index in [4.69, 9.17) is 5.11 Å². The molecular weight excluding hydrogens is 282 g/mol. The van der Waals surface area contributed by atoms with Crippen LogP contribution in [0.3, 0.4) is 0 Å². The molecule has 0 rings (SSSR count). The monoisotopic (exact) mass is 307 g/mol. The molecule has 0 aliphatic carbocycles. The van der Waals surface area contributed by atoms with Crippen molar-refractivity contribution >= 4 is 21.7 Å². The molecule has 0 radical (unpaired) electrons. The summed E-state index contributed by atoms with van der Waals surface area (Å²) >= 11 is 0. The molecule has 7 heteroatoms. The van der Waals surface area contributed by atoms with Crippen LogP contribution in [0.4, 0.5) is 0 Å². The molecule has 0 aromatic carbocycles. The van der Waals surface area contributed by atoms with Crippen molar-refractivity contribution in [2.24, 2.45) is 5.92 Å². The van der Waals surface area contributed by atoms with Gasteiger partial charge in [0.2, 0.25) is 5.91 Å². The van der Waals surface area contributed by atoms with Crippen molar-refractivity contribution in [3.05, 3.63) is 0 Å². The van der Waals surface area contributed by atoms with Gasteiger partial charge in [-0.2, -0.15) is 0 Å². The third-order valence-electron chi connectivity index (χ3n) is 3.13. The molecule has 20 heavy (non-hydrogen) atoms. The minimum absolute atomic E-state index is 0.0210. The molecule has 0 heterocycles. The smallest absolute Gasteiger partial charge is 0.327 e. The first-order valence-corrected chi connectivity index (χ1v) is 8.74. The fourth-order valence-electron chi connectivity index (χ4n) is 2.00.